The van der Waals surface area contributed by atoms with E-state index in [4.69, 9.17) is 4.74 Å². The van der Waals surface area contributed by atoms with Crippen molar-refractivity contribution in [3.63, 3.8) is 0 Å². The third-order valence-electron chi connectivity index (χ3n) is 5.13. The standard InChI is InChI=1S/C21H22FN3O7S/c1-14-5-8-16(9-6-14)33(30,31)24-11-3-2-4-18(24)21(27)32-13-20(26)23-17-10-7-15(22)12-19(17)25(28)29/h5-10,12,18H,2-4,11,13H2,1H3,(H,23,26). The Morgan fingerprint density at radius 3 is 2.58 bits per heavy atom. The lowest BCUT2D eigenvalue weighted by Gasteiger charge is -2.33. The number of sulfonamides is 1. The van der Waals surface area contributed by atoms with Gasteiger partial charge in [-0.25, -0.2) is 12.8 Å². The molecule has 0 saturated carbocycles. The van der Waals surface area contributed by atoms with Crippen molar-refractivity contribution in [3.05, 3.63) is 64.0 Å². The van der Waals surface area contributed by atoms with Crippen molar-refractivity contribution < 1.29 is 32.1 Å². The van der Waals surface area contributed by atoms with Gasteiger partial charge in [0, 0.05) is 6.54 Å². The van der Waals surface area contributed by atoms with E-state index in [1.54, 1.807) is 12.1 Å². The maximum atomic E-state index is 13.2. The summed E-state index contributed by atoms with van der Waals surface area (Å²) in [4.78, 5) is 35.0. The molecular formula is C21H22FN3O7S. The summed E-state index contributed by atoms with van der Waals surface area (Å²) in [7, 11) is -3.96. The predicted molar refractivity (Wildman–Crippen MR) is 115 cm³/mol. The first kappa shape index (κ1) is 24.3. The molecule has 1 aliphatic heterocycles. The monoisotopic (exact) mass is 479 g/mol. The number of carbonyl (C=O) groups excluding carboxylic acids is 2. The van der Waals surface area contributed by atoms with Crippen LogP contribution in [0.25, 0.3) is 0 Å². The number of nitro groups is 1. The second-order valence-electron chi connectivity index (χ2n) is 7.51. The first-order valence-electron chi connectivity index (χ1n) is 10.1. The van der Waals surface area contributed by atoms with Crippen LogP contribution in [0.4, 0.5) is 15.8 Å². The van der Waals surface area contributed by atoms with Gasteiger partial charge < -0.3 is 10.1 Å². The Bertz CT molecular complexity index is 1170. The first-order valence-corrected chi connectivity index (χ1v) is 11.5. The molecule has 0 radical (unpaired) electrons. The zero-order valence-corrected chi connectivity index (χ0v) is 18.5. The van der Waals surface area contributed by atoms with Crippen LogP contribution in [0, 0.1) is 22.9 Å². The minimum absolute atomic E-state index is 0.0502. The summed E-state index contributed by atoms with van der Waals surface area (Å²) in [6, 6.07) is 7.74. The van der Waals surface area contributed by atoms with Gasteiger partial charge in [-0.3, -0.25) is 19.7 Å². The molecule has 1 unspecified atom stereocenters. The Labute approximate surface area is 189 Å². The summed E-state index contributed by atoms with van der Waals surface area (Å²) in [5.41, 5.74) is -0.0306. The number of nitrogens with one attached hydrogen (secondary N) is 1. The highest BCUT2D eigenvalue weighted by molar-refractivity contribution is 7.89. The summed E-state index contributed by atoms with van der Waals surface area (Å²) in [5, 5.41) is 13.2. The predicted octanol–water partition coefficient (Wildman–Crippen LogP) is 2.77. The van der Waals surface area contributed by atoms with E-state index in [1.165, 1.54) is 12.1 Å². The lowest BCUT2D eigenvalue weighted by atomic mass is 10.1. The van der Waals surface area contributed by atoms with E-state index in [9.17, 15) is 32.5 Å². The minimum atomic E-state index is -3.96. The number of aryl methyl sites for hydroxylation is 1. The van der Waals surface area contributed by atoms with Crippen molar-refractivity contribution in [1.82, 2.24) is 4.31 Å². The number of nitro benzene ring substituents is 1. The van der Waals surface area contributed by atoms with Crippen LogP contribution in [0.2, 0.25) is 0 Å². The molecule has 33 heavy (non-hydrogen) atoms. The smallest absolute Gasteiger partial charge is 0.324 e. The quantitative estimate of drug-likeness (QED) is 0.366. The number of rotatable bonds is 7. The fraction of sp³-hybridized carbons (Fsp3) is 0.333. The molecule has 1 fully saturated rings. The van der Waals surface area contributed by atoms with Gasteiger partial charge >= 0.3 is 5.97 Å². The highest BCUT2D eigenvalue weighted by Crippen LogP contribution is 2.27. The molecule has 12 heteroatoms. The largest absolute Gasteiger partial charge is 0.454 e. The number of hydrogen-bond donors (Lipinski definition) is 1. The van der Waals surface area contributed by atoms with Crippen molar-refractivity contribution in [1.29, 1.82) is 0 Å². The van der Waals surface area contributed by atoms with Gasteiger partial charge in [-0.05, 0) is 50.5 Å². The third kappa shape index (κ3) is 5.71. The van der Waals surface area contributed by atoms with E-state index < -0.39 is 51.0 Å². The van der Waals surface area contributed by atoms with Gasteiger partial charge in [0.15, 0.2) is 6.61 Å². The van der Waals surface area contributed by atoms with E-state index in [2.05, 4.69) is 5.32 Å². The maximum Gasteiger partial charge on any atom is 0.324 e. The van der Waals surface area contributed by atoms with E-state index >= 15 is 0 Å². The van der Waals surface area contributed by atoms with Gasteiger partial charge in [0.2, 0.25) is 10.0 Å². The number of benzene rings is 2. The van der Waals surface area contributed by atoms with Crippen LogP contribution in [0.5, 0.6) is 0 Å². The number of amides is 1. The molecule has 0 bridgehead atoms. The van der Waals surface area contributed by atoms with Crippen molar-refractivity contribution in [3.8, 4) is 0 Å². The Kier molecular flexibility index (Phi) is 7.39. The molecule has 0 aliphatic carbocycles. The molecule has 1 saturated heterocycles. The van der Waals surface area contributed by atoms with Crippen LogP contribution in [0.3, 0.4) is 0 Å². The third-order valence-corrected chi connectivity index (χ3v) is 7.05. The fourth-order valence-electron chi connectivity index (χ4n) is 3.45. The molecule has 2 aromatic carbocycles. The Balaban J connectivity index is 1.68. The molecule has 10 nitrogen and oxygen atoms in total. The Morgan fingerprint density at radius 2 is 1.91 bits per heavy atom. The highest BCUT2D eigenvalue weighted by atomic mass is 32.2. The van der Waals surface area contributed by atoms with Crippen LogP contribution < -0.4 is 5.32 Å². The summed E-state index contributed by atoms with van der Waals surface area (Å²) in [6.07, 6.45) is 1.41. The molecule has 1 aliphatic rings. The molecular weight excluding hydrogens is 457 g/mol. The number of carbonyl (C=O) groups is 2. The Morgan fingerprint density at radius 1 is 1.21 bits per heavy atom. The molecule has 2 aromatic rings. The van der Waals surface area contributed by atoms with Crippen molar-refractivity contribution >= 4 is 33.3 Å². The molecule has 1 atom stereocenters. The number of esters is 1. The molecule has 0 spiro atoms. The maximum absolute atomic E-state index is 13.2. The van der Waals surface area contributed by atoms with Crippen LogP contribution in [-0.4, -0.2) is 48.7 Å². The van der Waals surface area contributed by atoms with Crippen LogP contribution >= 0.6 is 0 Å². The number of nitrogens with zero attached hydrogens (tertiary/aromatic N) is 2. The zero-order valence-electron chi connectivity index (χ0n) is 17.7. The van der Waals surface area contributed by atoms with Crippen LogP contribution in [0.15, 0.2) is 47.4 Å². The summed E-state index contributed by atoms with van der Waals surface area (Å²) in [6.45, 7) is 1.16. The van der Waals surface area contributed by atoms with Gasteiger partial charge in [0.1, 0.15) is 17.5 Å². The van der Waals surface area contributed by atoms with Crippen LogP contribution in [-0.2, 0) is 24.3 Å². The molecule has 3 rings (SSSR count). The highest BCUT2D eigenvalue weighted by Gasteiger charge is 2.38. The lowest BCUT2D eigenvalue weighted by Crippen LogP contribution is -2.48. The second-order valence-corrected chi connectivity index (χ2v) is 9.41. The van der Waals surface area contributed by atoms with Gasteiger partial charge in [-0.2, -0.15) is 4.31 Å². The van der Waals surface area contributed by atoms with E-state index in [-0.39, 0.29) is 23.5 Å². The fourth-order valence-corrected chi connectivity index (χ4v) is 5.10. The molecule has 1 N–H and O–H groups in total. The van der Waals surface area contributed by atoms with Gasteiger partial charge in [-0.15, -0.1) is 0 Å². The lowest BCUT2D eigenvalue weighted by molar-refractivity contribution is -0.384. The average Bonchev–Trinajstić information content (AvgIpc) is 2.78. The number of ether oxygens (including phenoxy) is 1. The van der Waals surface area contributed by atoms with Gasteiger partial charge in [-0.1, -0.05) is 17.7 Å². The SMILES string of the molecule is Cc1ccc(S(=O)(=O)N2CCCCC2C(=O)OCC(=O)Nc2ccc(F)cc2[N+](=O)[O-])cc1. The van der Waals surface area contributed by atoms with Crippen molar-refractivity contribution in [2.45, 2.75) is 37.1 Å². The van der Waals surface area contributed by atoms with Gasteiger partial charge in [0.25, 0.3) is 11.6 Å². The summed E-state index contributed by atoms with van der Waals surface area (Å²) in [5.74, 6) is -2.63. The van der Waals surface area contributed by atoms with E-state index in [0.717, 1.165) is 22.0 Å². The molecule has 176 valence electrons. The summed E-state index contributed by atoms with van der Waals surface area (Å²) >= 11 is 0. The number of anilines is 1. The Hall–Kier alpha value is -3.38. The average molecular weight is 479 g/mol. The van der Waals surface area contributed by atoms with Crippen molar-refractivity contribution in [2.75, 3.05) is 18.5 Å². The van der Waals surface area contributed by atoms with E-state index in [1.807, 2.05) is 6.92 Å². The number of piperidine rings is 1. The second kappa shape index (κ2) is 10.0. The summed E-state index contributed by atoms with van der Waals surface area (Å²) < 4.78 is 45.5. The van der Waals surface area contributed by atoms with E-state index in [0.29, 0.717) is 18.9 Å². The molecule has 1 amide bonds. The van der Waals surface area contributed by atoms with Gasteiger partial charge in [0.05, 0.1) is 15.9 Å². The number of hydrogen-bond acceptors (Lipinski definition) is 7. The first-order chi connectivity index (χ1) is 15.6. The number of halogens is 1. The normalized spacial score (nSPS) is 16.7. The van der Waals surface area contributed by atoms with Crippen molar-refractivity contribution in [2.24, 2.45) is 0 Å². The minimum Gasteiger partial charge on any atom is -0.454 e. The van der Waals surface area contributed by atoms with Crippen LogP contribution in [0.1, 0.15) is 24.8 Å². The molecule has 1 heterocycles. The zero-order chi connectivity index (χ0) is 24.2. The topological polar surface area (TPSA) is 136 Å². The molecule has 0 aromatic heterocycles.